The molecule has 3 rings (SSSR count). The third-order valence-electron chi connectivity index (χ3n) is 4.74. The van der Waals surface area contributed by atoms with E-state index in [2.05, 4.69) is 10.5 Å². The normalized spacial score (nSPS) is 12.4. The molecule has 1 aromatic heterocycles. The second kappa shape index (κ2) is 8.68. The molecule has 1 amide bonds. The summed E-state index contributed by atoms with van der Waals surface area (Å²) in [6, 6.07) is 12.5. The summed E-state index contributed by atoms with van der Waals surface area (Å²) in [5, 5.41) is 11.9. The molecule has 1 heterocycles. The maximum Gasteiger partial charge on any atom is 0.251 e. The number of ether oxygens (including phenoxy) is 1. The highest BCUT2D eigenvalue weighted by Crippen LogP contribution is 2.19. The molecule has 0 spiro atoms. The van der Waals surface area contributed by atoms with Crippen molar-refractivity contribution in [2.24, 2.45) is 5.14 Å². The molecule has 0 radical (unpaired) electrons. The lowest BCUT2D eigenvalue weighted by molar-refractivity contribution is 0.0940. The predicted molar refractivity (Wildman–Crippen MR) is 110 cm³/mol. The maximum atomic E-state index is 12.5. The standard InChI is InChI=1S/C21H23N3O5S/c1-13(16-6-10-19(11-7-16)30(22,26)27)23-21(25)17-4-8-18(9-5-17)28-12-20-14(2)24-29-15(20)3/h4-11,13H,12H2,1-3H3,(H,23,25)(H2,22,26,27)/t13-/m0/s1. The van der Waals surface area contributed by atoms with Crippen LogP contribution in [0.15, 0.2) is 57.9 Å². The van der Waals surface area contributed by atoms with Gasteiger partial charge in [-0.15, -0.1) is 0 Å². The molecular formula is C21H23N3O5S. The fraction of sp³-hybridized carbons (Fsp3) is 0.238. The highest BCUT2D eigenvalue weighted by atomic mass is 32.2. The summed E-state index contributed by atoms with van der Waals surface area (Å²) in [6.45, 7) is 5.82. The van der Waals surface area contributed by atoms with E-state index in [1.54, 1.807) is 36.4 Å². The van der Waals surface area contributed by atoms with Crippen molar-refractivity contribution in [1.29, 1.82) is 0 Å². The second-order valence-electron chi connectivity index (χ2n) is 6.92. The largest absolute Gasteiger partial charge is 0.489 e. The highest BCUT2D eigenvalue weighted by Gasteiger charge is 2.14. The summed E-state index contributed by atoms with van der Waals surface area (Å²) in [4.78, 5) is 12.5. The molecule has 0 aliphatic carbocycles. The van der Waals surface area contributed by atoms with Crippen LogP contribution >= 0.6 is 0 Å². The van der Waals surface area contributed by atoms with Gasteiger partial charge in [0.2, 0.25) is 10.0 Å². The Morgan fingerprint density at radius 1 is 1.13 bits per heavy atom. The van der Waals surface area contributed by atoms with Crippen LogP contribution in [-0.2, 0) is 16.6 Å². The van der Waals surface area contributed by atoms with Crippen molar-refractivity contribution >= 4 is 15.9 Å². The van der Waals surface area contributed by atoms with Crippen molar-refractivity contribution in [3.05, 3.63) is 76.7 Å². The summed E-state index contributed by atoms with van der Waals surface area (Å²) in [7, 11) is -3.75. The van der Waals surface area contributed by atoms with Gasteiger partial charge in [0.1, 0.15) is 18.1 Å². The van der Waals surface area contributed by atoms with Crippen molar-refractivity contribution in [3.63, 3.8) is 0 Å². The Morgan fingerprint density at radius 3 is 2.30 bits per heavy atom. The number of carbonyl (C=O) groups is 1. The lowest BCUT2D eigenvalue weighted by Gasteiger charge is -2.15. The number of nitrogens with one attached hydrogen (secondary N) is 1. The van der Waals surface area contributed by atoms with Gasteiger partial charge in [0.25, 0.3) is 5.91 Å². The van der Waals surface area contributed by atoms with E-state index >= 15 is 0 Å². The number of sulfonamides is 1. The Kier molecular flexibility index (Phi) is 6.23. The molecule has 158 valence electrons. The highest BCUT2D eigenvalue weighted by molar-refractivity contribution is 7.89. The van der Waals surface area contributed by atoms with Gasteiger partial charge in [0.15, 0.2) is 0 Å². The van der Waals surface area contributed by atoms with Crippen LogP contribution in [0.2, 0.25) is 0 Å². The molecule has 0 fully saturated rings. The quantitative estimate of drug-likeness (QED) is 0.595. The number of amides is 1. The second-order valence-corrected chi connectivity index (χ2v) is 8.49. The van der Waals surface area contributed by atoms with E-state index in [0.717, 1.165) is 22.6 Å². The van der Waals surface area contributed by atoms with E-state index < -0.39 is 10.0 Å². The number of aromatic nitrogens is 1. The number of hydrogen-bond acceptors (Lipinski definition) is 6. The molecule has 0 aliphatic heterocycles. The summed E-state index contributed by atoms with van der Waals surface area (Å²) < 4.78 is 33.5. The van der Waals surface area contributed by atoms with Gasteiger partial charge in [0.05, 0.1) is 22.2 Å². The molecule has 3 N–H and O–H groups in total. The van der Waals surface area contributed by atoms with Crippen LogP contribution in [-0.4, -0.2) is 19.5 Å². The number of carbonyl (C=O) groups excluding carboxylic acids is 1. The average Bonchev–Trinajstić information content (AvgIpc) is 3.03. The Balaban J connectivity index is 1.60. The van der Waals surface area contributed by atoms with Crippen LogP contribution in [0, 0.1) is 13.8 Å². The third-order valence-corrected chi connectivity index (χ3v) is 5.67. The molecule has 2 aromatic carbocycles. The number of primary sulfonamides is 1. The number of rotatable bonds is 7. The van der Waals surface area contributed by atoms with E-state index in [1.807, 2.05) is 20.8 Å². The molecule has 1 atom stereocenters. The Bertz CT molecular complexity index is 1120. The van der Waals surface area contributed by atoms with Crippen molar-refractivity contribution in [1.82, 2.24) is 10.5 Å². The molecule has 0 saturated heterocycles. The van der Waals surface area contributed by atoms with Crippen LogP contribution in [0.5, 0.6) is 5.75 Å². The predicted octanol–water partition coefficient (Wildman–Crippen LogP) is 3.01. The zero-order valence-electron chi connectivity index (χ0n) is 16.9. The fourth-order valence-corrected chi connectivity index (χ4v) is 3.39. The third kappa shape index (κ3) is 5.05. The summed E-state index contributed by atoms with van der Waals surface area (Å²) in [6.07, 6.45) is 0. The number of nitrogens with two attached hydrogens (primary N) is 1. The van der Waals surface area contributed by atoms with E-state index in [9.17, 15) is 13.2 Å². The molecule has 0 aliphatic rings. The molecule has 9 heteroatoms. The van der Waals surface area contributed by atoms with Gasteiger partial charge in [-0.25, -0.2) is 13.6 Å². The summed E-state index contributed by atoms with van der Waals surface area (Å²) in [5.41, 5.74) is 2.93. The van der Waals surface area contributed by atoms with E-state index in [1.165, 1.54) is 12.1 Å². The summed E-state index contributed by atoms with van der Waals surface area (Å²) >= 11 is 0. The first-order valence-corrected chi connectivity index (χ1v) is 10.8. The first-order valence-electron chi connectivity index (χ1n) is 9.23. The van der Waals surface area contributed by atoms with E-state index in [0.29, 0.717) is 17.9 Å². The van der Waals surface area contributed by atoms with Gasteiger partial charge >= 0.3 is 0 Å². The summed E-state index contributed by atoms with van der Waals surface area (Å²) in [5.74, 6) is 1.09. The SMILES string of the molecule is Cc1noc(C)c1COc1ccc(C(=O)N[C@@H](C)c2ccc(S(N)(=O)=O)cc2)cc1. The maximum absolute atomic E-state index is 12.5. The number of aryl methyl sites for hydroxylation is 2. The van der Waals surface area contributed by atoms with Crippen LogP contribution in [0.25, 0.3) is 0 Å². The molecule has 3 aromatic rings. The lowest BCUT2D eigenvalue weighted by Crippen LogP contribution is -2.26. The minimum atomic E-state index is -3.75. The molecule has 0 bridgehead atoms. The van der Waals surface area contributed by atoms with Gasteiger partial charge in [-0.05, 0) is 62.7 Å². The Morgan fingerprint density at radius 2 is 1.77 bits per heavy atom. The zero-order chi connectivity index (χ0) is 21.9. The molecular weight excluding hydrogens is 406 g/mol. The molecule has 8 nitrogen and oxygen atoms in total. The first-order chi connectivity index (χ1) is 14.1. The van der Waals surface area contributed by atoms with Crippen LogP contribution < -0.4 is 15.2 Å². The Labute approximate surface area is 175 Å². The van der Waals surface area contributed by atoms with E-state index in [4.69, 9.17) is 14.4 Å². The van der Waals surface area contributed by atoms with Crippen LogP contribution in [0.4, 0.5) is 0 Å². The molecule has 30 heavy (non-hydrogen) atoms. The van der Waals surface area contributed by atoms with Crippen molar-refractivity contribution < 1.29 is 22.5 Å². The van der Waals surface area contributed by atoms with Gasteiger partial charge in [-0.3, -0.25) is 4.79 Å². The van der Waals surface area contributed by atoms with E-state index in [-0.39, 0.29) is 16.8 Å². The monoisotopic (exact) mass is 429 g/mol. The van der Waals surface area contributed by atoms with Crippen molar-refractivity contribution in [3.8, 4) is 5.75 Å². The minimum absolute atomic E-state index is 0.0250. The number of benzene rings is 2. The smallest absolute Gasteiger partial charge is 0.251 e. The van der Waals surface area contributed by atoms with Crippen LogP contribution in [0.3, 0.4) is 0 Å². The topological polar surface area (TPSA) is 125 Å². The lowest BCUT2D eigenvalue weighted by atomic mass is 10.1. The zero-order valence-corrected chi connectivity index (χ0v) is 17.7. The van der Waals surface area contributed by atoms with Gasteiger partial charge in [0, 0.05) is 5.56 Å². The van der Waals surface area contributed by atoms with Gasteiger partial charge in [-0.2, -0.15) is 0 Å². The van der Waals surface area contributed by atoms with Crippen molar-refractivity contribution in [2.75, 3.05) is 0 Å². The minimum Gasteiger partial charge on any atom is -0.489 e. The fourth-order valence-electron chi connectivity index (χ4n) is 2.88. The average molecular weight is 429 g/mol. The van der Waals surface area contributed by atoms with Gasteiger partial charge in [-0.1, -0.05) is 17.3 Å². The first kappa shape index (κ1) is 21.5. The Hall–Kier alpha value is -3.17. The molecule has 0 unspecified atom stereocenters. The number of nitrogens with zero attached hydrogens (tertiary/aromatic N) is 1. The number of hydrogen-bond donors (Lipinski definition) is 2. The van der Waals surface area contributed by atoms with Crippen LogP contribution in [0.1, 0.15) is 45.9 Å². The molecule has 0 saturated carbocycles. The van der Waals surface area contributed by atoms with Gasteiger partial charge < -0.3 is 14.6 Å². The van der Waals surface area contributed by atoms with Crippen molar-refractivity contribution in [2.45, 2.75) is 38.3 Å².